The minimum Gasteiger partial charge on any atom is -0.373 e. The Morgan fingerprint density at radius 2 is 1.88 bits per heavy atom. The number of amides is 2. The second-order valence-corrected chi connectivity index (χ2v) is 6.93. The van der Waals surface area contributed by atoms with Crippen LogP contribution in [0.25, 0.3) is 0 Å². The van der Waals surface area contributed by atoms with Crippen molar-refractivity contribution in [3.63, 3.8) is 0 Å². The van der Waals surface area contributed by atoms with E-state index in [2.05, 4.69) is 17.4 Å². The molecule has 1 aliphatic heterocycles. The van der Waals surface area contributed by atoms with Gasteiger partial charge in [-0.2, -0.15) is 0 Å². The number of hydrogen-bond donors (Lipinski definition) is 1. The van der Waals surface area contributed by atoms with E-state index in [0.29, 0.717) is 11.8 Å². The average molecular weight is 330 g/mol. The summed E-state index contributed by atoms with van der Waals surface area (Å²) in [6.45, 7) is 2.44. The van der Waals surface area contributed by atoms with Gasteiger partial charge in [0.05, 0.1) is 19.3 Å². The summed E-state index contributed by atoms with van der Waals surface area (Å²) >= 11 is 0. The molecule has 4 atom stereocenters. The van der Waals surface area contributed by atoms with Gasteiger partial charge >= 0.3 is 0 Å². The molecule has 2 amide bonds. The van der Waals surface area contributed by atoms with Crippen molar-refractivity contribution in [2.24, 2.45) is 11.8 Å². The van der Waals surface area contributed by atoms with Crippen molar-refractivity contribution in [3.8, 4) is 0 Å². The van der Waals surface area contributed by atoms with Crippen LogP contribution in [0.2, 0.25) is 0 Å². The SMILES string of the molecule is CNC(=O)CN(C(C)=O)[C@@H]1C[C@@H]2CO[C@H](c3ccccc3)C[C@@H]2C1. The molecule has 1 N–H and O–H groups in total. The van der Waals surface area contributed by atoms with Crippen LogP contribution in [0.1, 0.15) is 37.9 Å². The number of carbonyl (C=O) groups excluding carboxylic acids is 2. The first-order chi connectivity index (χ1) is 11.6. The number of nitrogens with zero attached hydrogens (tertiary/aromatic N) is 1. The molecule has 0 bridgehead atoms. The minimum absolute atomic E-state index is 0.0252. The number of likely N-dealkylation sites (N-methyl/N-ethyl adjacent to an activating group) is 1. The van der Waals surface area contributed by atoms with Crippen LogP contribution in [0.15, 0.2) is 30.3 Å². The first-order valence-electron chi connectivity index (χ1n) is 8.72. The Hall–Kier alpha value is -1.88. The highest BCUT2D eigenvalue weighted by atomic mass is 16.5. The molecule has 1 saturated carbocycles. The van der Waals surface area contributed by atoms with E-state index in [0.717, 1.165) is 25.9 Å². The molecule has 1 saturated heterocycles. The molecule has 5 nitrogen and oxygen atoms in total. The average Bonchev–Trinajstić information content (AvgIpc) is 3.02. The largest absolute Gasteiger partial charge is 0.373 e. The lowest BCUT2D eigenvalue weighted by molar-refractivity contribution is -0.136. The second kappa shape index (κ2) is 7.34. The maximum Gasteiger partial charge on any atom is 0.239 e. The molecule has 24 heavy (non-hydrogen) atoms. The highest BCUT2D eigenvalue weighted by molar-refractivity contribution is 5.83. The smallest absolute Gasteiger partial charge is 0.239 e. The number of benzene rings is 1. The molecule has 2 aliphatic rings. The van der Waals surface area contributed by atoms with Crippen molar-refractivity contribution in [2.75, 3.05) is 20.2 Å². The normalized spacial score (nSPS) is 28.9. The van der Waals surface area contributed by atoms with Gasteiger partial charge in [-0.15, -0.1) is 0 Å². The lowest BCUT2D eigenvalue weighted by Gasteiger charge is -2.32. The molecular weight excluding hydrogens is 304 g/mol. The molecule has 3 rings (SSSR count). The quantitative estimate of drug-likeness (QED) is 0.920. The topological polar surface area (TPSA) is 58.6 Å². The van der Waals surface area contributed by atoms with Gasteiger partial charge in [-0.1, -0.05) is 30.3 Å². The van der Waals surface area contributed by atoms with Crippen molar-refractivity contribution in [2.45, 2.75) is 38.3 Å². The van der Waals surface area contributed by atoms with Crippen molar-refractivity contribution < 1.29 is 14.3 Å². The summed E-state index contributed by atoms with van der Waals surface area (Å²) in [5, 5.41) is 2.61. The maximum absolute atomic E-state index is 12.0. The van der Waals surface area contributed by atoms with Gasteiger partial charge in [-0.3, -0.25) is 9.59 Å². The van der Waals surface area contributed by atoms with Gasteiger partial charge < -0.3 is 15.0 Å². The Bertz CT molecular complexity index is 590. The highest BCUT2D eigenvalue weighted by Gasteiger charge is 2.42. The molecule has 2 fully saturated rings. The van der Waals surface area contributed by atoms with Gasteiger partial charge in [0, 0.05) is 20.0 Å². The van der Waals surface area contributed by atoms with Crippen LogP contribution in [0.5, 0.6) is 0 Å². The van der Waals surface area contributed by atoms with E-state index in [1.165, 1.54) is 5.56 Å². The summed E-state index contributed by atoms with van der Waals surface area (Å²) in [6, 6.07) is 10.5. The molecule has 0 radical (unpaired) electrons. The molecular formula is C19H26N2O3. The third kappa shape index (κ3) is 3.61. The fourth-order valence-electron chi connectivity index (χ4n) is 4.14. The van der Waals surface area contributed by atoms with Gasteiger partial charge in [-0.25, -0.2) is 0 Å². The van der Waals surface area contributed by atoms with E-state index in [4.69, 9.17) is 4.74 Å². The third-order valence-electron chi connectivity index (χ3n) is 5.45. The molecule has 1 aromatic rings. The Morgan fingerprint density at radius 1 is 1.17 bits per heavy atom. The fourth-order valence-corrected chi connectivity index (χ4v) is 4.14. The summed E-state index contributed by atoms with van der Waals surface area (Å²) in [5.41, 5.74) is 1.23. The molecule has 0 aromatic heterocycles. The predicted octanol–water partition coefficient (Wildman–Crippen LogP) is 2.14. The monoisotopic (exact) mass is 330 g/mol. The molecule has 0 spiro atoms. The van der Waals surface area contributed by atoms with Crippen LogP contribution in [-0.4, -0.2) is 43.0 Å². The van der Waals surface area contributed by atoms with Gasteiger partial charge in [0.25, 0.3) is 0 Å². The summed E-state index contributed by atoms with van der Waals surface area (Å²) < 4.78 is 6.09. The summed E-state index contributed by atoms with van der Waals surface area (Å²) in [6.07, 6.45) is 3.05. The first kappa shape index (κ1) is 17.0. The van der Waals surface area contributed by atoms with Crippen LogP contribution < -0.4 is 5.32 Å². The van der Waals surface area contributed by atoms with Crippen molar-refractivity contribution in [3.05, 3.63) is 35.9 Å². The Labute approximate surface area is 143 Å². The fraction of sp³-hybridized carbons (Fsp3) is 0.579. The Morgan fingerprint density at radius 3 is 2.54 bits per heavy atom. The summed E-state index contributed by atoms with van der Waals surface area (Å²) in [5.74, 6) is 0.906. The second-order valence-electron chi connectivity index (χ2n) is 6.93. The van der Waals surface area contributed by atoms with Gasteiger partial charge in [0.1, 0.15) is 0 Å². The van der Waals surface area contributed by atoms with Gasteiger partial charge in [0.2, 0.25) is 11.8 Å². The highest BCUT2D eigenvalue weighted by Crippen LogP contribution is 2.45. The van der Waals surface area contributed by atoms with Gasteiger partial charge in [-0.05, 0) is 36.7 Å². The first-order valence-corrected chi connectivity index (χ1v) is 8.72. The lowest BCUT2D eigenvalue weighted by atomic mass is 9.86. The van der Waals surface area contributed by atoms with E-state index < -0.39 is 0 Å². The number of hydrogen-bond acceptors (Lipinski definition) is 3. The van der Waals surface area contributed by atoms with E-state index in [1.807, 2.05) is 18.2 Å². The number of rotatable bonds is 4. The third-order valence-corrected chi connectivity index (χ3v) is 5.45. The van der Waals surface area contributed by atoms with Crippen LogP contribution in [0.4, 0.5) is 0 Å². The molecule has 1 aromatic carbocycles. The van der Waals surface area contributed by atoms with E-state index in [-0.39, 0.29) is 30.5 Å². The van der Waals surface area contributed by atoms with Crippen LogP contribution in [0, 0.1) is 11.8 Å². The van der Waals surface area contributed by atoms with Crippen LogP contribution in [-0.2, 0) is 14.3 Å². The molecule has 1 aliphatic carbocycles. The molecule has 1 heterocycles. The van der Waals surface area contributed by atoms with Crippen LogP contribution in [0.3, 0.4) is 0 Å². The Balaban J connectivity index is 1.65. The van der Waals surface area contributed by atoms with E-state index >= 15 is 0 Å². The van der Waals surface area contributed by atoms with Crippen molar-refractivity contribution in [1.82, 2.24) is 10.2 Å². The summed E-state index contributed by atoms with van der Waals surface area (Å²) in [4.78, 5) is 25.4. The molecule has 5 heteroatoms. The zero-order chi connectivity index (χ0) is 17.1. The maximum atomic E-state index is 12.0. The Kier molecular flexibility index (Phi) is 5.19. The number of fused-ring (bicyclic) bond motifs is 1. The molecule has 0 unspecified atom stereocenters. The van der Waals surface area contributed by atoms with Crippen molar-refractivity contribution in [1.29, 1.82) is 0 Å². The molecule has 130 valence electrons. The van der Waals surface area contributed by atoms with Gasteiger partial charge in [0.15, 0.2) is 0 Å². The predicted molar refractivity (Wildman–Crippen MR) is 91.2 cm³/mol. The van der Waals surface area contributed by atoms with E-state index in [9.17, 15) is 9.59 Å². The minimum atomic E-state index is -0.113. The summed E-state index contributed by atoms with van der Waals surface area (Å²) in [7, 11) is 1.60. The standard InChI is InChI=1S/C19H26N2O3/c1-13(22)21(11-19(23)20-2)17-8-15-10-18(24-12-16(15)9-17)14-6-4-3-5-7-14/h3-7,15-18H,8-12H2,1-2H3,(H,20,23)/t15-,16+,17-,18-/m0/s1. The number of carbonyl (C=O) groups is 2. The zero-order valence-electron chi connectivity index (χ0n) is 14.4. The number of nitrogens with one attached hydrogen (secondary N) is 1. The lowest BCUT2D eigenvalue weighted by Crippen LogP contribution is -2.44. The van der Waals surface area contributed by atoms with E-state index in [1.54, 1.807) is 18.9 Å². The number of ether oxygens (including phenoxy) is 1. The van der Waals surface area contributed by atoms with Crippen LogP contribution >= 0.6 is 0 Å². The zero-order valence-corrected chi connectivity index (χ0v) is 14.4. The van der Waals surface area contributed by atoms with Crippen molar-refractivity contribution >= 4 is 11.8 Å².